The topological polar surface area (TPSA) is 95.5 Å². The van der Waals surface area contributed by atoms with E-state index in [2.05, 4.69) is 5.32 Å². The predicted molar refractivity (Wildman–Crippen MR) is 81.4 cm³/mol. The highest BCUT2D eigenvalue weighted by Gasteiger charge is 2.40. The zero-order valence-electron chi connectivity index (χ0n) is 13.5. The molecule has 2 fully saturated rings. The van der Waals surface area contributed by atoms with Crippen molar-refractivity contribution in [2.45, 2.75) is 69.1 Å². The van der Waals surface area contributed by atoms with Gasteiger partial charge in [0.2, 0.25) is 0 Å². The fourth-order valence-corrected chi connectivity index (χ4v) is 4.09. The van der Waals surface area contributed by atoms with Crippen molar-refractivity contribution in [3.63, 3.8) is 0 Å². The Morgan fingerprint density at radius 2 is 1.88 bits per heavy atom. The Bertz CT molecular complexity index is 540. The molecule has 0 aromatic heterocycles. The normalized spacial score (nSPS) is 26.5. The third-order valence-electron chi connectivity index (χ3n) is 5.00. The lowest BCUT2D eigenvalue weighted by Crippen LogP contribution is -2.38. The lowest BCUT2D eigenvalue weighted by atomic mass is 9.96. The van der Waals surface area contributed by atoms with Crippen molar-refractivity contribution in [3.05, 3.63) is 0 Å². The fraction of sp³-hybridized carbons (Fsp3) is 0.933. The van der Waals surface area contributed by atoms with Gasteiger partial charge in [0.1, 0.15) is 0 Å². The zero-order chi connectivity index (χ0) is 17.8. The van der Waals surface area contributed by atoms with Crippen LogP contribution in [0.1, 0.15) is 57.8 Å². The highest BCUT2D eigenvalue weighted by atomic mass is 32.2. The summed E-state index contributed by atoms with van der Waals surface area (Å²) in [5, 5.41) is -1.32. The number of halogens is 2. The molecule has 3 atom stereocenters. The molecule has 1 N–H and O–H groups in total. The first-order chi connectivity index (χ1) is 11.2. The molecule has 0 aliphatic heterocycles. The molecule has 2 aliphatic carbocycles. The Balaban J connectivity index is 1.49. The second-order valence-electron chi connectivity index (χ2n) is 6.82. The van der Waals surface area contributed by atoms with Crippen molar-refractivity contribution in [1.82, 2.24) is 5.32 Å². The van der Waals surface area contributed by atoms with Crippen molar-refractivity contribution < 1.29 is 31.3 Å². The minimum absolute atomic E-state index is 0.0637. The maximum Gasteiger partial charge on any atom is 0.407 e. The van der Waals surface area contributed by atoms with Gasteiger partial charge in [-0.25, -0.2) is 13.2 Å². The first kappa shape index (κ1) is 19.4. The molecule has 1 amide bonds. The van der Waals surface area contributed by atoms with E-state index < -0.39 is 27.9 Å². The quantitative estimate of drug-likeness (QED) is 0.499. The van der Waals surface area contributed by atoms with Crippen LogP contribution in [0.5, 0.6) is 0 Å². The summed E-state index contributed by atoms with van der Waals surface area (Å²) < 4.78 is 61.8. The van der Waals surface area contributed by atoms with E-state index in [1.165, 1.54) is 19.3 Å². The van der Waals surface area contributed by atoms with Crippen LogP contribution in [0.25, 0.3) is 0 Å². The molecule has 2 bridgehead atoms. The molecule has 3 unspecified atom stereocenters. The van der Waals surface area contributed by atoms with Gasteiger partial charge in [0, 0.05) is 12.5 Å². The molecule has 2 saturated carbocycles. The number of nitrogens with one attached hydrogen (secondary N) is 1. The Labute approximate surface area is 141 Å². The molecule has 9 heteroatoms. The van der Waals surface area contributed by atoms with Crippen LogP contribution in [0.3, 0.4) is 0 Å². The molecule has 0 radical (unpaired) electrons. The van der Waals surface area contributed by atoms with Gasteiger partial charge in [-0.3, -0.25) is 0 Å². The minimum atomic E-state index is -5.59. The lowest BCUT2D eigenvalue weighted by molar-refractivity contribution is 0.0669. The molecule has 0 saturated heterocycles. The number of amides is 1. The minimum Gasteiger partial charge on any atom is -0.743 e. The molecule has 0 aromatic rings. The first-order valence-electron chi connectivity index (χ1n) is 8.45. The second kappa shape index (κ2) is 7.95. The number of hydrogen-bond donors (Lipinski definition) is 1. The Morgan fingerprint density at radius 3 is 2.46 bits per heavy atom. The summed E-state index contributed by atoms with van der Waals surface area (Å²) in [5.74, 6) is 1.30. The predicted octanol–water partition coefficient (Wildman–Crippen LogP) is 2.99. The van der Waals surface area contributed by atoms with Crippen LogP contribution in [0.4, 0.5) is 13.6 Å². The van der Waals surface area contributed by atoms with Crippen LogP contribution in [-0.2, 0) is 14.9 Å². The van der Waals surface area contributed by atoms with Gasteiger partial charge in [-0.15, -0.1) is 0 Å². The number of carbonyl (C=O) groups is 1. The summed E-state index contributed by atoms with van der Waals surface area (Å²) in [4.78, 5) is 11.7. The van der Waals surface area contributed by atoms with E-state index in [0.717, 1.165) is 12.3 Å². The largest absolute Gasteiger partial charge is 0.743 e. The van der Waals surface area contributed by atoms with Crippen molar-refractivity contribution in [2.24, 2.45) is 11.8 Å². The lowest BCUT2D eigenvalue weighted by Gasteiger charge is -2.22. The number of fused-ring (bicyclic) bond motifs is 2. The molecule has 0 aromatic carbocycles. The Morgan fingerprint density at radius 1 is 1.17 bits per heavy atom. The van der Waals surface area contributed by atoms with Gasteiger partial charge >= 0.3 is 11.3 Å². The number of hydrogen-bond acceptors (Lipinski definition) is 5. The average molecular weight is 368 g/mol. The van der Waals surface area contributed by atoms with E-state index in [1.54, 1.807) is 0 Å². The standard InChI is InChI=1S/C15H25F2NO5S/c16-15(17,24(20,21)22)7-3-1-2-4-8-23-14(19)18-13-10-11-5-6-12(13)9-11/h11-13H,1-10H2,(H,18,19)(H,20,21,22)/p-1. The van der Waals surface area contributed by atoms with Gasteiger partial charge in [0.15, 0.2) is 10.1 Å². The van der Waals surface area contributed by atoms with Crippen LogP contribution in [0.15, 0.2) is 0 Å². The van der Waals surface area contributed by atoms with E-state index in [0.29, 0.717) is 25.2 Å². The van der Waals surface area contributed by atoms with Gasteiger partial charge in [-0.2, -0.15) is 8.78 Å². The summed E-state index contributed by atoms with van der Waals surface area (Å²) in [6.45, 7) is 0.197. The maximum atomic E-state index is 12.9. The first-order valence-corrected chi connectivity index (χ1v) is 9.86. The SMILES string of the molecule is O=C(NC1CC2CCC1C2)OCCCCCCC(F)(F)S(=O)(=O)[O-]. The molecule has 2 aliphatic rings. The number of alkyl carbamates (subject to hydrolysis) is 1. The third kappa shape index (κ3) is 5.27. The summed E-state index contributed by atoms with van der Waals surface area (Å²) in [6.07, 6.45) is 4.56. The molecule has 6 nitrogen and oxygen atoms in total. The molecular formula is C15H24F2NO5S-. The average Bonchev–Trinajstić information content (AvgIpc) is 3.07. The van der Waals surface area contributed by atoms with Crippen molar-refractivity contribution in [2.75, 3.05) is 6.61 Å². The number of carbonyl (C=O) groups excluding carboxylic acids is 1. The van der Waals surface area contributed by atoms with E-state index >= 15 is 0 Å². The molecule has 0 heterocycles. The number of unbranched alkanes of at least 4 members (excludes halogenated alkanes) is 3. The maximum absolute atomic E-state index is 12.9. The summed E-state index contributed by atoms with van der Waals surface area (Å²) >= 11 is 0. The second-order valence-corrected chi connectivity index (χ2v) is 8.32. The van der Waals surface area contributed by atoms with E-state index in [-0.39, 0.29) is 19.1 Å². The van der Waals surface area contributed by atoms with Crippen molar-refractivity contribution in [1.29, 1.82) is 0 Å². The van der Waals surface area contributed by atoms with E-state index in [4.69, 9.17) is 4.74 Å². The van der Waals surface area contributed by atoms with Gasteiger partial charge in [-0.1, -0.05) is 19.3 Å². The summed E-state index contributed by atoms with van der Waals surface area (Å²) in [6, 6.07) is 0.215. The summed E-state index contributed by atoms with van der Waals surface area (Å²) in [7, 11) is -5.59. The van der Waals surface area contributed by atoms with Crippen LogP contribution >= 0.6 is 0 Å². The monoisotopic (exact) mass is 368 g/mol. The number of alkyl halides is 2. The highest BCUT2D eigenvalue weighted by Crippen LogP contribution is 2.44. The number of rotatable bonds is 9. The molecule has 140 valence electrons. The Kier molecular flexibility index (Phi) is 6.41. The van der Waals surface area contributed by atoms with Crippen LogP contribution in [0, 0.1) is 11.8 Å². The fourth-order valence-electron chi connectivity index (χ4n) is 3.69. The molecular weight excluding hydrogens is 344 g/mol. The van der Waals surface area contributed by atoms with Gasteiger partial charge in [0.25, 0.3) is 0 Å². The molecule has 0 spiro atoms. The molecule has 2 rings (SSSR count). The van der Waals surface area contributed by atoms with Crippen molar-refractivity contribution >= 4 is 16.2 Å². The highest BCUT2D eigenvalue weighted by molar-refractivity contribution is 7.86. The Hall–Kier alpha value is -0.960. The van der Waals surface area contributed by atoms with Crippen molar-refractivity contribution in [3.8, 4) is 0 Å². The third-order valence-corrected chi connectivity index (χ3v) is 5.94. The van der Waals surface area contributed by atoms with Gasteiger partial charge in [-0.05, 0) is 43.9 Å². The van der Waals surface area contributed by atoms with Gasteiger partial charge in [0.05, 0.1) is 6.61 Å². The summed E-state index contributed by atoms with van der Waals surface area (Å²) in [5.41, 5.74) is 0. The van der Waals surface area contributed by atoms with Crippen LogP contribution < -0.4 is 5.32 Å². The van der Waals surface area contributed by atoms with E-state index in [9.17, 15) is 26.5 Å². The van der Waals surface area contributed by atoms with Crippen LogP contribution in [0.2, 0.25) is 0 Å². The zero-order valence-corrected chi connectivity index (χ0v) is 14.3. The molecule has 24 heavy (non-hydrogen) atoms. The number of ether oxygens (including phenoxy) is 1. The van der Waals surface area contributed by atoms with E-state index in [1.807, 2.05) is 0 Å². The van der Waals surface area contributed by atoms with Crippen LogP contribution in [-0.4, -0.2) is 37.0 Å². The van der Waals surface area contributed by atoms with Gasteiger partial charge < -0.3 is 14.6 Å². The smallest absolute Gasteiger partial charge is 0.407 e.